The third kappa shape index (κ3) is 12.3. The molecule has 0 fully saturated rings. The van der Waals surface area contributed by atoms with E-state index in [1.54, 1.807) is 20.8 Å². The molecule has 8 nitrogen and oxygen atoms in total. The summed E-state index contributed by atoms with van der Waals surface area (Å²) in [6.45, 7) is 6.42. The number of rotatable bonds is 23. The van der Waals surface area contributed by atoms with Crippen LogP contribution in [0.5, 0.6) is 0 Å². The number of alkyl halides is 6. The van der Waals surface area contributed by atoms with Crippen molar-refractivity contribution in [2.24, 2.45) is 17.8 Å². The van der Waals surface area contributed by atoms with E-state index in [-0.39, 0.29) is 42.6 Å². The Bertz CT molecular complexity index is 1450. The first-order valence-corrected chi connectivity index (χ1v) is 18.1. The Hall–Kier alpha value is -3.49. The Balaban J connectivity index is 1.72. The van der Waals surface area contributed by atoms with Gasteiger partial charge in [-0.15, -0.1) is 0 Å². The fourth-order valence-corrected chi connectivity index (χ4v) is 6.34. The molecule has 2 unspecified atom stereocenters. The van der Waals surface area contributed by atoms with E-state index < -0.39 is 59.2 Å². The molecule has 0 heterocycles. The molecule has 0 aliphatic carbocycles. The standard InChI is InChI=1S/C40H54F6O8/c1-28(21-22-33(47)30(3)23-26-53-34(48)37(51-5,39(41,42)43)31-17-9-7-10-18-31)15-13-24-36(4,50)25-14-16-29(2)27-54-35(49)38(52-6,40(44,45)46)32-19-11-8-12-20-32/h7-12,17-20,28-30,50H,13-16,21-27H2,1-6H3/t28-,29+,30+,36+,37?,38?/m0/s1. The molecule has 0 radical (unpaired) electrons. The van der Waals surface area contributed by atoms with Crippen molar-refractivity contribution in [3.05, 3.63) is 71.8 Å². The molecule has 0 spiro atoms. The highest BCUT2D eigenvalue weighted by molar-refractivity contribution is 5.83. The van der Waals surface area contributed by atoms with Crippen LogP contribution >= 0.6 is 0 Å². The first kappa shape index (κ1) is 46.7. The smallest absolute Gasteiger partial charge is 0.432 e. The minimum atomic E-state index is -5.09. The molecule has 6 atom stereocenters. The Labute approximate surface area is 313 Å². The topological polar surface area (TPSA) is 108 Å². The predicted octanol–water partition coefficient (Wildman–Crippen LogP) is 9.02. The van der Waals surface area contributed by atoms with Crippen LogP contribution in [0.25, 0.3) is 0 Å². The van der Waals surface area contributed by atoms with Crippen LogP contribution in [0, 0.1) is 17.8 Å². The molecular formula is C40H54F6O8. The minimum Gasteiger partial charge on any atom is -0.463 e. The molecule has 0 saturated heterocycles. The van der Waals surface area contributed by atoms with Crippen molar-refractivity contribution < 1.29 is 64.8 Å². The fourth-order valence-electron chi connectivity index (χ4n) is 6.34. The van der Waals surface area contributed by atoms with E-state index in [0.29, 0.717) is 38.5 Å². The summed E-state index contributed by atoms with van der Waals surface area (Å²) in [5.74, 6) is -3.93. The lowest BCUT2D eigenvalue weighted by atomic mass is 9.88. The summed E-state index contributed by atoms with van der Waals surface area (Å²) in [6.07, 6.45) is -5.92. The summed E-state index contributed by atoms with van der Waals surface area (Å²) in [5, 5.41) is 10.9. The fraction of sp³-hybridized carbons (Fsp3) is 0.625. The van der Waals surface area contributed by atoms with E-state index in [0.717, 1.165) is 44.9 Å². The number of methoxy groups -OCH3 is 2. The molecule has 2 rings (SSSR count). The highest BCUT2D eigenvalue weighted by Gasteiger charge is 2.65. The van der Waals surface area contributed by atoms with E-state index >= 15 is 0 Å². The number of hydrogen-bond acceptors (Lipinski definition) is 8. The normalized spacial score (nSPS) is 17.3. The number of Topliss-reactive ketones (excluding diaryl/α,β-unsaturated/α-hetero) is 1. The Morgan fingerprint density at radius 3 is 1.50 bits per heavy atom. The van der Waals surface area contributed by atoms with E-state index in [1.165, 1.54) is 36.4 Å². The monoisotopic (exact) mass is 776 g/mol. The second-order valence-corrected chi connectivity index (χ2v) is 14.4. The summed E-state index contributed by atoms with van der Waals surface area (Å²) < 4.78 is 104. The number of aliphatic hydroxyl groups is 1. The molecule has 0 saturated carbocycles. The van der Waals surface area contributed by atoms with Gasteiger partial charge in [0.25, 0.3) is 11.2 Å². The lowest BCUT2D eigenvalue weighted by molar-refractivity contribution is -0.277. The maximum absolute atomic E-state index is 14.1. The lowest BCUT2D eigenvalue weighted by Gasteiger charge is -2.32. The van der Waals surface area contributed by atoms with Crippen LogP contribution in [0.15, 0.2) is 60.7 Å². The first-order valence-electron chi connectivity index (χ1n) is 18.1. The average Bonchev–Trinajstić information content (AvgIpc) is 3.10. The quantitative estimate of drug-likeness (QED) is 0.0881. The Morgan fingerprint density at radius 2 is 1.07 bits per heavy atom. The van der Waals surface area contributed by atoms with Crippen LogP contribution in [0.3, 0.4) is 0 Å². The number of ketones is 1. The average molecular weight is 777 g/mol. The van der Waals surface area contributed by atoms with Gasteiger partial charge in [0, 0.05) is 37.7 Å². The zero-order valence-electron chi connectivity index (χ0n) is 31.9. The molecule has 0 amide bonds. The summed E-state index contributed by atoms with van der Waals surface area (Å²) in [4.78, 5) is 38.2. The summed E-state index contributed by atoms with van der Waals surface area (Å²) in [5.41, 5.74) is -8.34. The molecule has 14 heteroatoms. The van der Waals surface area contributed by atoms with Crippen LogP contribution in [-0.4, -0.2) is 68.2 Å². The molecule has 54 heavy (non-hydrogen) atoms. The zero-order valence-corrected chi connectivity index (χ0v) is 31.9. The molecule has 2 aromatic carbocycles. The number of halogens is 6. The molecule has 304 valence electrons. The lowest BCUT2D eigenvalue weighted by Crippen LogP contribution is -2.52. The SMILES string of the molecule is COC(C(=O)OCC[C@@H](C)C(=O)CC[C@@H](C)CCC[C@@](C)(O)CCC[C@@H](C)COC(=O)C(OC)(c1ccccc1)C(F)(F)F)(c1ccccc1)C(F)(F)F. The van der Waals surface area contributed by atoms with Crippen molar-refractivity contribution in [3.8, 4) is 0 Å². The summed E-state index contributed by atoms with van der Waals surface area (Å²) in [6, 6.07) is 13.1. The number of esters is 2. The van der Waals surface area contributed by atoms with Gasteiger partial charge in [-0.25, -0.2) is 9.59 Å². The van der Waals surface area contributed by atoms with Gasteiger partial charge < -0.3 is 24.1 Å². The van der Waals surface area contributed by atoms with Crippen LogP contribution in [0.2, 0.25) is 0 Å². The largest absolute Gasteiger partial charge is 0.463 e. The van der Waals surface area contributed by atoms with Gasteiger partial charge in [-0.1, -0.05) is 101 Å². The van der Waals surface area contributed by atoms with Crippen molar-refractivity contribution in [2.45, 2.75) is 115 Å². The Kier molecular flexibility index (Phi) is 17.7. The number of hydrogen-bond donors (Lipinski definition) is 1. The third-order valence-electron chi connectivity index (χ3n) is 9.89. The number of carbonyl (C=O) groups is 3. The van der Waals surface area contributed by atoms with Gasteiger partial charge in [-0.3, -0.25) is 4.79 Å². The van der Waals surface area contributed by atoms with Crippen LogP contribution in [-0.2, 0) is 44.5 Å². The maximum Gasteiger partial charge on any atom is 0.432 e. The van der Waals surface area contributed by atoms with E-state index in [2.05, 4.69) is 0 Å². The van der Waals surface area contributed by atoms with Gasteiger partial charge >= 0.3 is 24.3 Å². The van der Waals surface area contributed by atoms with Crippen LogP contribution in [0.4, 0.5) is 26.3 Å². The van der Waals surface area contributed by atoms with Crippen molar-refractivity contribution in [3.63, 3.8) is 0 Å². The number of benzene rings is 2. The highest BCUT2D eigenvalue weighted by atomic mass is 19.4. The number of carbonyl (C=O) groups excluding carboxylic acids is 3. The second-order valence-electron chi connectivity index (χ2n) is 14.4. The molecule has 0 aliphatic rings. The van der Waals surface area contributed by atoms with Gasteiger partial charge in [0.15, 0.2) is 0 Å². The van der Waals surface area contributed by atoms with Gasteiger partial charge in [0.05, 0.1) is 18.8 Å². The summed E-state index contributed by atoms with van der Waals surface area (Å²) in [7, 11) is 1.60. The van der Waals surface area contributed by atoms with Crippen molar-refractivity contribution >= 4 is 17.7 Å². The third-order valence-corrected chi connectivity index (χ3v) is 9.89. The van der Waals surface area contributed by atoms with Crippen LogP contribution < -0.4 is 0 Å². The zero-order chi connectivity index (χ0) is 40.8. The number of ether oxygens (including phenoxy) is 4. The van der Waals surface area contributed by atoms with Gasteiger partial charge in [-0.05, 0) is 50.9 Å². The van der Waals surface area contributed by atoms with Crippen LogP contribution in [0.1, 0.15) is 96.6 Å². The van der Waals surface area contributed by atoms with E-state index in [4.69, 9.17) is 18.9 Å². The highest BCUT2D eigenvalue weighted by Crippen LogP contribution is 2.44. The molecular weight excluding hydrogens is 722 g/mol. The predicted molar refractivity (Wildman–Crippen MR) is 189 cm³/mol. The Morgan fingerprint density at radius 1 is 0.648 bits per heavy atom. The summed E-state index contributed by atoms with van der Waals surface area (Å²) >= 11 is 0. The molecule has 1 N–H and O–H groups in total. The molecule has 0 aromatic heterocycles. The maximum atomic E-state index is 14.1. The van der Waals surface area contributed by atoms with Crippen molar-refractivity contribution in [1.29, 1.82) is 0 Å². The molecule has 0 aliphatic heterocycles. The van der Waals surface area contributed by atoms with Crippen molar-refractivity contribution in [1.82, 2.24) is 0 Å². The van der Waals surface area contributed by atoms with Gasteiger partial charge in [0.1, 0.15) is 5.78 Å². The second kappa shape index (κ2) is 20.4. The first-order chi connectivity index (χ1) is 25.2. The molecule has 0 bridgehead atoms. The van der Waals surface area contributed by atoms with Gasteiger partial charge in [-0.2, -0.15) is 26.3 Å². The molecule has 2 aromatic rings. The van der Waals surface area contributed by atoms with E-state index in [9.17, 15) is 45.8 Å². The van der Waals surface area contributed by atoms with Gasteiger partial charge in [0.2, 0.25) is 0 Å². The van der Waals surface area contributed by atoms with Crippen molar-refractivity contribution in [2.75, 3.05) is 27.4 Å². The minimum absolute atomic E-state index is 0.0461. The van der Waals surface area contributed by atoms with E-state index in [1.807, 2.05) is 6.92 Å².